The van der Waals surface area contributed by atoms with Crippen LogP contribution in [0.15, 0.2) is 83.8 Å². The minimum absolute atomic E-state index is 0.0400. The third-order valence-electron chi connectivity index (χ3n) is 8.48. The fraction of sp³-hybridized carbons (Fsp3) is 0.297. The van der Waals surface area contributed by atoms with E-state index in [4.69, 9.17) is 15.9 Å². The summed E-state index contributed by atoms with van der Waals surface area (Å²) < 4.78 is 6.52. The van der Waals surface area contributed by atoms with Gasteiger partial charge in [0, 0.05) is 41.0 Å². The van der Waals surface area contributed by atoms with Crippen LogP contribution in [0.3, 0.4) is 0 Å². The molecule has 0 bridgehead atoms. The Bertz CT molecular complexity index is 1910. The van der Waals surface area contributed by atoms with Gasteiger partial charge in [-0.3, -0.25) is 29.7 Å². The molecule has 50 heavy (non-hydrogen) atoms. The van der Waals surface area contributed by atoms with Gasteiger partial charge in [-0.15, -0.1) is 0 Å². The lowest BCUT2D eigenvalue weighted by molar-refractivity contribution is -0.121. The summed E-state index contributed by atoms with van der Waals surface area (Å²) in [6.45, 7) is 3.80. The van der Waals surface area contributed by atoms with Crippen molar-refractivity contribution in [2.24, 2.45) is 0 Å². The van der Waals surface area contributed by atoms with Gasteiger partial charge in [0.05, 0.1) is 11.9 Å². The zero-order valence-electron chi connectivity index (χ0n) is 28.1. The van der Waals surface area contributed by atoms with Crippen molar-refractivity contribution >= 4 is 35.2 Å². The second kappa shape index (κ2) is 16.4. The molecule has 1 atom stereocenters. The molecule has 0 spiro atoms. The van der Waals surface area contributed by atoms with Crippen molar-refractivity contribution in [3.8, 4) is 11.3 Å². The fourth-order valence-electron chi connectivity index (χ4n) is 5.18. The van der Waals surface area contributed by atoms with E-state index in [-0.39, 0.29) is 49.3 Å². The van der Waals surface area contributed by atoms with Gasteiger partial charge in [-0.05, 0) is 61.9 Å². The minimum Gasteiger partial charge on any atom is -0.444 e. The van der Waals surface area contributed by atoms with Crippen LogP contribution >= 0.6 is 0 Å². The highest BCUT2D eigenvalue weighted by atomic mass is 16.5. The van der Waals surface area contributed by atoms with Crippen LogP contribution in [0.1, 0.15) is 66.6 Å². The Morgan fingerprint density at radius 3 is 2.44 bits per heavy atom. The summed E-state index contributed by atoms with van der Waals surface area (Å²) in [4.78, 5) is 56.5. The van der Waals surface area contributed by atoms with Gasteiger partial charge < -0.3 is 26.4 Å². The topological polar surface area (TPSA) is 193 Å². The third kappa shape index (κ3) is 9.34. The maximum Gasteiger partial charge on any atom is 0.413 e. The molecular weight excluding hydrogens is 636 g/mol. The lowest BCUT2D eigenvalue weighted by atomic mass is 9.93. The number of carbonyl (C=O) groups excluding carboxylic acids is 3. The number of benzene rings is 3. The first-order valence-electron chi connectivity index (χ1n) is 16.6. The predicted octanol–water partition coefficient (Wildman–Crippen LogP) is 4.55. The molecule has 13 heteroatoms. The standard InChI is InChI=1S/C37H42N8O5/c1-3-23(2)42-35(47)28-16-27(17-29(38)18-28)31-20-41-34(43-30-10-7-11-30)36(48)45(31)21-32(46)40-19-24-12-14-26(15-13-24)33(39)44-37(49)50-22-25-8-5-4-6-9-25/h4-6,8-9,12-18,20,23,30H,3,7,10-11,19,21-22,38H2,1-2H3,(H,40,46)(H,41,43)(H,42,47)(H2,39,44,49)/t23-/m0/s1. The normalized spacial score (nSPS) is 13.0. The number of amides is 3. The average Bonchev–Trinajstić information content (AvgIpc) is 3.09. The molecule has 260 valence electrons. The number of anilines is 2. The second-order valence-electron chi connectivity index (χ2n) is 12.3. The molecule has 3 amide bonds. The first-order chi connectivity index (χ1) is 24.1. The van der Waals surface area contributed by atoms with Crippen LogP contribution in [-0.2, 0) is 29.2 Å². The van der Waals surface area contributed by atoms with Crippen molar-refractivity contribution < 1.29 is 19.1 Å². The Morgan fingerprint density at radius 2 is 1.76 bits per heavy atom. The van der Waals surface area contributed by atoms with E-state index in [0.29, 0.717) is 28.1 Å². The number of ether oxygens (including phenoxy) is 1. The predicted molar refractivity (Wildman–Crippen MR) is 192 cm³/mol. The number of alkyl carbamates (subject to hydrolysis) is 1. The number of aromatic nitrogens is 2. The number of nitrogens with one attached hydrogen (secondary N) is 5. The molecule has 0 unspecified atom stereocenters. The molecule has 0 saturated heterocycles. The molecule has 1 aliphatic carbocycles. The highest BCUT2D eigenvalue weighted by Gasteiger charge is 2.22. The fourth-order valence-corrected chi connectivity index (χ4v) is 5.18. The quantitative estimate of drug-likeness (QED) is 0.0673. The van der Waals surface area contributed by atoms with E-state index in [2.05, 4.69) is 26.3 Å². The molecule has 4 aromatic rings. The highest BCUT2D eigenvalue weighted by Crippen LogP contribution is 2.25. The summed E-state index contributed by atoms with van der Waals surface area (Å²) in [6.07, 6.45) is 4.46. The number of nitrogens with two attached hydrogens (primary N) is 1. The van der Waals surface area contributed by atoms with Crippen LogP contribution in [0.25, 0.3) is 11.3 Å². The number of nitrogens with zero attached hydrogens (tertiary/aromatic N) is 2. The number of amidine groups is 1. The summed E-state index contributed by atoms with van der Waals surface area (Å²) in [6, 6.07) is 20.9. The third-order valence-corrected chi connectivity index (χ3v) is 8.48. The molecule has 1 saturated carbocycles. The van der Waals surface area contributed by atoms with Crippen molar-refractivity contribution in [2.75, 3.05) is 11.1 Å². The van der Waals surface area contributed by atoms with Crippen LogP contribution in [0, 0.1) is 5.41 Å². The number of hydrogen-bond donors (Lipinski definition) is 6. The molecule has 1 heterocycles. The van der Waals surface area contributed by atoms with Crippen LogP contribution in [0.4, 0.5) is 16.3 Å². The molecule has 7 N–H and O–H groups in total. The van der Waals surface area contributed by atoms with Gasteiger partial charge in [0.1, 0.15) is 19.0 Å². The van der Waals surface area contributed by atoms with Gasteiger partial charge in [-0.2, -0.15) is 0 Å². The van der Waals surface area contributed by atoms with Crippen molar-refractivity contribution in [2.45, 2.75) is 71.3 Å². The van der Waals surface area contributed by atoms with E-state index < -0.39 is 17.6 Å². The van der Waals surface area contributed by atoms with Crippen LogP contribution in [0.2, 0.25) is 0 Å². The smallest absolute Gasteiger partial charge is 0.413 e. The SMILES string of the molecule is CC[C@H](C)NC(=O)c1cc(N)cc(-c2cnc(NC3CCC3)c(=O)n2CC(=O)NCc2ccc(C(=N)NC(=O)OCc3ccccc3)cc2)c1. The van der Waals surface area contributed by atoms with Crippen molar-refractivity contribution in [1.29, 1.82) is 5.41 Å². The summed E-state index contributed by atoms with van der Waals surface area (Å²) in [5, 5.41) is 19.6. The number of nitrogen functional groups attached to an aromatic ring is 1. The molecule has 1 aliphatic rings. The Balaban J connectivity index is 1.26. The lowest BCUT2D eigenvalue weighted by Crippen LogP contribution is -2.37. The van der Waals surface area contributed by atoms with E-state index in [1.54, 1.807) is 42.5 Å². The highest BCUT2D eigenvalue weighted by molar-refractivity contribution is 6.04. The first-order valence-corrected chi connectivity index (χ1v) is 16.6. The largest absolute Gasteiger partial charge is 0.444 e. The van der Waals surface area contributed by atoms with Gasteiger partial charge >= 0.3 is 6.09 Å². The summed E-state index contributed by atoms with van der Waals surface area (Å²) in [5.41, 5.74) is 9.22. The zero-order chi connectivity index (χ0) is 35.6. The molecule has 13 nitrogen and oxygen atoms in total. The number of rotatable bonds is 13. The van der Waals surface area contributed by atoms with Gasteiger partial charge in [-0.1, -0.05) is 61.5 Å². The van der Waals surface area contributed by atoms with Crippen molar-refractivity contribution in [3.05, 3.63) is 112 Å². The van der Waals surface area contributed by atoms with Crippen LogP contribution < -0.4 is 32.6 Å². The first kappa shape index (κ1) is 35.3. The molecule has 5 rings (SSSR count). The van der Waals surface area contributed by atoms with Gasteiger partial charge in [0.2, 0.25) is 5.91 Å². The molecule has 1 aromatic heterocycles. The minimum atomic E-state index is -0.740. The Labute approximate surface area is 290 Å². The summed E-state index contributed by atoms with van der Waals surface area (Å²) in [5.74, 6) is -0.694. The summed E-state index contributed by atoms with van der Waals surface area (Å²) >= 11 is 0. The van der Waals surface area contributed by atoms with Crippen LogP contribution in [0.5, 0.6) is 0 Å². The van der Waals surface area contributed by atoms with E-state index in [0.717, 1.165) is 36.8 Å². The maximum absolute atomic E-state index is 13.7. The van der Waals surface area contributed by atoms with Gasteiger partial charge in [-0.25, -0.2) is 9.78 Å². The molecule has 3 aromatic carbocycles. The Kier molecular flexibility index (Phi) is 11.6. The Hall–Kier alpha value is -5.98. The van der Waals surface area contributed by atoms with E-state index in [1.165, 1.54) is 10.8 Å². The number of carbonyl (C=O) groups is 3. The summed E-state index contributed by atoms with van der Waals surface area (Å²) in [7, 11) is 0. The monoisotopic (exact) mass is 678 g/mol. The van der Waals surface area contributed by atoms with Gasteiger partial charge in [0.15, 0.2) is 5.82 Å². The Morgan fingerprint density at radius 1 is 1.02 bits per heavy atom. The number of hydrogen-bond acceptors (Lipinski definition) is 9. The molecule has 0 radical (unpaired) electrons. The maximum atomic E-state index is 13.7. The van der Waals surface area contributed by atoms with E-state index in [9.17, 15) is 19.2 Å². The van der Waals surface area contributed by atoms with Gasteiger partial charge in [0.25, 0.3) is 11.5 Å². The van der Waals surface area contributed by atoms with Crippen molar-refractivity contribution in [1.82, 2.24) is 25.5 Å². The van der Waals surface area contributed by atoms with E-state index >= 15 is 0 Å². The molecule has 1 fully saturated rings. The molecule has 0 aliphatic heterocycles. The lowest BCUT2D eigenvalue weighted by Gasteiger charge is -2.27. The average molecular weight is 679 g/mol. The van der Waals surface area contributed by atoms with Crippen molar-refractivity contribution in [3.63, 3.8) is 0 Å². The van der Waals surface area contributed by atoms with Crippen LogP contribution in [-0.4, -0.2) is 45.4 Å². The second-order valence-corrected chi connectivity index (χ2v) is 12.3. The molecular formula is C37H42N8O5. The zero-order valence-corrected chi connectivity index (χ0v) is 28.1. The van der Waals surface area contributed by atoms with E-state index in [1.807, 2.05) is 44.2 Å².